The standard InChI is InChI=1S/C14H21ClN2O2S/c1-2-17(14-8-3-5-11(14)10-16)20(18,19)13-7-4-6-12(15)9-13/h4,6-7,9,11,14H,2-3,5,8,10,16H2,1H3. The van der Waals surface area contributed by atoms with Gasteiger partial charge in [-0.05, 0) is 43.5 Å². The van der Waals surface area contributed by atoms with Crippen molar-refractivity contribution in [3.05, 3.63) is 29.3 Å². The fraction of sp³-hybridized carbons (Fsp3) is 0.571. The largest absolute Gasteiger partial charge is 0.330 e. The predicted molar refractivity (Wildman–Crippen MR) is 81.2 cm³/mol. The van der Waals surface area contributed by atoms with E-state index in [1.54, 1.807) is 22.5 Å². The van der Waals surface area contributed by atoms with Gasteiger partial charge in [-0.25, -0.2) is 8.42 Å². The van der Waals surface area contributed by atoms with Crippen molar-refractivity contribution in [1.82, 2.24) is 4.31 Å². The molecule has 0 spiro atoms. The minimum atomic E-state index is -3.51. The highest BCUT2D eigenvalue weighted by Crippen LogP contribution is 2.33. The fourth-order valence-corrected chi connectivity index (χ4v) is 5.04. The molecule has 2 unspecified atom stereocenters. The molecule has 0 bridgehead atoms. The summed E-state index contributed by atoms with van der Waals surface area (Å²) in [5, 5.41) is 0.434. The Balaban J connectivity index is 2.35. The van der Waals surface area contributed by atoms with Crippen LogP contribution in [-0.4, -0.2) is 31.9 Å². The molecule has 1 aromatic rings. The van der Waals surface area contributed by atoms with Crippen LogP contribution in [0, 0.1) is 5.92 Å². The van der Waals surface area contributed by atoms with E-state index in [9.17, 15) is 8.42 Å². The number of halogens is 1. The number of hydrogen-bond acceptors (Lipinski definition) is 3. The average molecular weight is 317 g/mol. The van der Waals surface area contributed by atoms with Crippen molar-refractivity contribution in [3.63, 3.8) is 0 Å². The molecule has 0 aliphatic heterocycles. The molecule has 1 aliphatic rings. The highest BCUT2D eigenvalue weighted by molar-refractivity contribution is 7.89. The van der Waals surface area contributed by atoms with E-state index < -0.39 is 10.0 Å². The minimum Gasteiger partial charge on any atom is -0.330 e. The topological polar surface area (TPSA) is 63.4 Å². The molecule has 0 amide bonds. The van der Waals surface area contributed by atoms with Gasteiger partial charge in [0.15, 0.2) is 0 Å². The second-order valence-electron chi connectivity index (χ2n) is 5.16. The summed E-state index contributed by atoms with van der Waals surface area (Å²) in [6.07, 6.45) is 2.92. The van der Waals surface area contributed by atoms with Gasteiger partial charge in [0.1, 0.15) is 0 Å². The van der Waals surface area contributed by atoms with Gasteiger partial charge < -0.3 is 5.73 Å². The molecule has 0 aromatic heterocycles. The van der Waals surface area contributed by atoms with E-state index in [1.165, 1.54) is 6.07 Å². The molecule has 0 saturated heterocycles. The first-order chi connectivity index (χ1) is 9.50. The van der Waals surface area contributed by atoms with Gasteiger partial charge in [-0.1, -0.05) is 31.0 Å². The van der Waals surface area contributed by atoms with Crippen molar-refractivity contribution >= 4 is 21.6 Å². The van der Waals surface area contributed by atoms with Gasteiger partial charge in [0.05, 0.1) is 4.90 Å². The third-order valence-corrected chi connectivity index (χ3v) is 6.24. The van der Waals surface area contributed by atoms with Crippen LogP contribution in [0.25, 0.3) is 0 Å². The first kappa shape index (κ1) is 15.8. The normalized spacial score (nSPS) is 23.4. The maximum absolute atomic E-state index is 12.8. The van der Waals surface area contributed by atoms with Crippen LogP contribution in [-0.2, 0) is 10.0 Å². The summed E-state index contributed by atoms with van der Waals surface area (Å²) in [5.41, 5.74) is 5.78. The van der Waals surface area contributed by atoms with Crippen LogP contribution in [0.1, 0.15) is 26.2 Å². The molecular formula is C14H21ClN2O2S. The Hall–Kier alpha value is -0.620. The van der Waals surface area contributed by atoms with Crippen molar-refractivity contribution < 1.29 is 8.42 Å². The van der Waals surface area contributed by atoms with E-state index in [2.05, 4.69) is 0 Å². The van der Waals surface area contributed by atoms with Gasteiger partial charge in [0, 0.05) is 17.6 Å². The molecule has 1 saturated carbocycles. The van der Waals surface area contributed by atoms with Gasteiger partial charge in [-0.15, -0.1) is 0 Å². The summed E-state index contributed by atoms with van der Waals surface area (Å²) in [7, 11) is -3.51. The van der Waals surface area contributed by atoms with Crippen molar-refractivity contribution in [2.75, 3.05) is 13.1 Å². The van der Waals surface area contributed by atoms with E-state index in [4.69, 9.17) is 17.3 Å². The summed E-state index contributed by atoms with van der Waals surface area (Å²) in [6.45, 7) is 2.86. The molecule has 2 atom stereocenters. The molecule has 1 fully saturated rings. The van der Waals surface area contributed by atoms with Crippen LogP contribution >= 0.6 is 11.6 Å². The molecule has 6 heteroatoms. The van der Waals surface area contributed by atoms with Crippen molar-refractivity contribution in [2.24, 2.45) is 11.7 Å². The maximum atomic E-state index is 12.8. The quantitative estimate of drug-likeness (QED) is 0.907. The Kier molecular flexibility index (Phi) is 5.07. The van der Waals surface area contributed by atoms with E-state index in [1.807, 2.05) is 6.92 Å². The van der Waals surface area contributed by atoms with Crippen LogP contribution in [0.4, 0.5) is 0 Å². The summed E-state index contributed by atoms with van der Waals surface area (Å²) >= 11 is 5.91. The zero-order valence-corrected chi connectivity index (χ0v) is 13.2. The van der Waals surface area contributed by atoms with Crippen LogP contribution in [0.15, 0.2) is 29.2 Å². The molecular weight excluding hydrogens is 296 g/mol. The molecule has 20 heavy (non-hydrogen) atoms. The SMILES string of the molecule is CCN(C1CCCC1CN)S(=O)(=O)c1cccc(Cl)c1. The summed E-state index contributed by atoms with van der Waals surface area (Å²) in [5.74, 6) is 0.254. The lowest BCUT2D eigenvalue weighted by atomic mass is 10.0. The summed E-state index contributed by atoms with van der Waals surface area (Å²) < 4.78 is 27.2. The zero-order valence-electron chi connectivity index (χ0n) is 11.6. The Labute approximate surface area is 126 Å². The fourth-order valence-electron chi connectivity index (χ4n) is 3.02. The number of sulfonamides is 1. The average Bonchev–Trinajstić information content (AvgIpc) is 2.87. The van der Waals surface area contributed by atoms with Crippen molar-refractivity contribution in [2.45, 2.75) is 37.1 Å². The number of benzene rings is 1. The number of nitrogens with two attached hydrogens (primary N) is 1. The van der Waals surface area contributed by atoms with E-state index >= 15 is 0 Å². The van der Waals surface area contributed by atoms with E-state index in [-0.39, 0.29) is 16.9 Å². The van der Waals surface area contributed by atoms with Gasteiger partial charge in [0.25, 0.3) is 0 Å². The van der Waals surface area contributed by atoms with Crippen molar-refractivity contribution in [3.8, 4) is 0 Å². The highest BCUT2D eigenvalue weighted by Gasteiger charge is 2.37. The first-order valence-corrected chi connectivity index (χ1v) is 8.80. The van der Waals surface area contributed by atoms with Gasteiger partial charge in [-0.3, -0.25) is 0 Å². The molecule has 4 nitrogen and oxygen atoms in total. The Bertz CT molecular complexity index is 562. The molecule has 2 rings (SSSR count). The molecule has 1 aliphatic carbocycles. The second-order valence-corrected chi connectivity index (χ2v) is 7.49. The highest BCUT2D eigenvalue weighted by atomic mass is 35.5. The van der Waals surface area contributed by atoms with Crippen LogP contribution in [0.3, 0.4) is 0 Å². The van der Waals surface area contributed by atoms with Crippen molar-refractivity contribution in [1.29, 1.82) is 0 Å². The lowest BCUT2D eigenvalue weighted by Gasteiger charge is -2.30. The third-order valence-electron chi connectivity index (χ3n) is 4.01. The maximum Gasteiger partial charge on any atom is 0.243 e. The van der Waals surface area contributed by atoms with Crippen LogP contribution < -0.4 is 5.73 Å². The van der Waals surface area contributed by atoms with E-state index in [0.717, 1.165) is 19.3 Å². The molecule has 0 heterocycles. The lowest BCUT2D eigenvalue weighted by Crippen LogP contribution is -2.43. The smallest absolute Gasteiger partial charge is 0.243 e. The third kappa shape index (κ3) is 3.01. The van der Waals surface area contributed by atoms with Crippen LogP contribution in [0.2, 0.25) is 5.02 Å². The summed E-state index contributed by atoms with van der Waals surface area (Å²) in [6, 6.07) is 6.45. The van der Waals surface area contributed by atoms with Gasteiger partial charge >= 0.3 is 0 Å². The second kappa shape index (κ2) is 6.43. The predicted octanol–water partition coefficient (Wildman–Crippen LogP) is 2.48. The van der Waals surface area contributed by atoms with E-state index in [0.29, 0.717) is 18.1 Å². The summed E-state index contributed by atoms with van der Waals surface area (Å²) in [4.78, 5) is 0.259. The molecule has 112 valence electrons. The zero-order chi connectivity index (χ0) is 14.8. The Morgan fingerprint density at radius 2 is 2.15 bits per heavy atom. The van der Waals surface area contributed by atoms with Gasteiger partial charge in [0.2, 0.25) is 10.0 Å². The van der Waals surface area contributed by atoms with Crippen LogP contribution in [0.5, 0.6) is 0 Å². The molecule has 2 N–H and O–H groups in total. The minimum absolute atomic E-state index is 0.00832. The van der Waals surface area contributed by atoms with Gasteiger partial charge in [-0.2, -0.15) is 4.31 Å². The monoisotopic (exact) mass is 316 g/mol. The first-order valence-electron chi connectivity index (χ1n) is 6.98. The lowest BCUT2D eigenvalue weighted by molar-refractivity contribution is 0.276. The Morgan fingerprint density at radius 3 is 2.75 bits per heavy atom. The molecule has 1 aromatic carbocycles. The Morgan fingerprint density at radius 1 is 1.40 bits per heavy atom. The number of nitrogens with zero attached hydrogens (tertiary/aromatic N) is 1. The number of hydrogen-bond donors (Lipinski definition) is 1. The molecule has 0 radical (unpaired) electrons. The number of rotatable bonds is 5.